The Morgan fingerprint density at radius 1 is 1.10 bits per heavy atom. The van der Waals surface area contributed by atoms with Crippen LogP contribution in [0, 0.1) is 0 Å². The topological polar surface area (TPSA) is 79.0 Å². The number of anilines is 3. The quantitative estimate of drug-likeness (QED) is 0.812. The summed E-state index contributed by atoms with van der Waals surface area (Å²) in [6.07, 6.45) is 1.48. The predicted molar refractivity (Wildman–Crippen MR) is 114 cm³/mol. The fourth-order valence-corrected chi connectivity index (χ4v) is 4.84. The molecule has 0 aliphatic carbocycles. The lowest BCUT2D eigenvalue weighted by atomic mass is 10.2. The van der Waals surface area contributed by atoms with Gasteiger partial charge in [-0.15, -0.1) is 0 Å². The Balaban J connectivity index is 1.50. The third-order valence-electron chi connectivity index (χ3n) is 5.33. The van der Waals surface area contributed by atoms with E-state index in [1.807, 2.05) is 24.3 Å². The van der Waals surface area contributed by atoms with E-state index < -0.39 is 16.1 Å². The fraction of sp³-hybridized carbons (Fsp3) is 0.381. The van der Waals surface area contributed by atoms with E-state index in [9.17, 15) is 13.2 Å². The maximum atomic E-state index is 12.8. The van der Waals surface area contributed by atoms with Gasteiger partial charge < -0.3 is 15.0 Å². The normalized spacial score (nSPS) is 18.9. The van der Waals surface area contributed by atoms with Crippen molar-refractivity contribution < 1.29 is 17.9 Å². The van der Waals surface area contributed by atoms with Gasteiger partial charge in [-0.05, 0) is 56.2 Å². The Morgan fingerprint density at radius 3 is 2.48 bits per heavy atom. The summed E-state index contributed by atoms with van der Waals surface area (Å²) in [5.41, 5.74) is 2.27. The highest BCUT2D eigenvalue weighted by atomic mass is 32.2. The van der Waals surface area contributed by atoms with Crippen LogP contribution < -0.4 is 19.3 Å². The minimum absolute atomic E-state index is 0.0480. The molecule has 2 aliphatic heterocycles. The van der Waals surface area contributed by atoms with Gasteiger partial charge in [-0.2, -0.15) is 0 Å². The highest BCUT2D eigenvalue weighted by Crippen LogP contribution is 2.35. The lowest BCUT2D eigenvalue weighted by Gasteiger charge is -2.34. The van der Waals surface area contributed by atoms with Crippen molar-refractivity contribution in [2.24, 2.45) is 0 Å². The smallest absolute Gasteiger partial charge is 0.267 e. The molecular weight excluding hydrogens is 390 g/mol. The second kappa shape index (κ2) is 7.94. The molecule has 1 amide bonds. The van der Waals surface area contributed by atoms with E-state index in [0.717, 1.165) is 18.8 Å². The van der Waals surface area contributed by atoms with E-state index in [2.05, 4.69) is 10.2 Å². The average molecular weight is 416 g/mol. The Bertz CT molecular complexity index is 985. The van der Waals surface area contributed by atoms with E-state index in [0.29, 0.717) is 17.1 Å². The number of benzene rings is 2. The second-order valence-electron chi connectivity index (χ2n) is 7.24. The first-order valence-corrected chi connectivity index (χ1v) is 11.5. The summed E-state index contributed by atoms with van der Waals surface area (Å²) in [5, 5.41) is 2.85. The number of carbonyl (C=O) groups is 1. The molecule has 0 bridgehead atoms. The summed E-state index contributed by atoms with van der Waals surface area (Å²) in [6, 6.07) is 14.6. The third-order valence-corrected chi connectivity index (χ3v) is 7.08. The van der Waals surface area contributed by atoms with Gasteiger partial charge in [-0.25, -0.2) is 8.42 Å². The predicted octanol–water partition coefficient (Wildman–Crippen LogP) is 2.84. The van der Waals surface area contributed by atoms with Gasteiger partial charge >= 0.3 is 0 Å². The first-order chi connectivity index (χ1) is 14.0. The molecule has 2 aromatic rings. The van der Waals surface area contributed by atoms with Crippen LogP contribution in [-0.4, -0.2) is 45.8 Å². The molecule has 0 spiro atoms. The zero-order valence-corrected chi connectivity index (χ0v) is 17.2. The third kappa shape index (κ3) is 4.03. The molecule has 0 saturated carbocycles. The van der Waals surface area contributed by atoms with E-state index in [-0.39, 0.29) is 18.2 Å². The number of fused-ring (bicyclic) bond motifs is 1. The van der Waals surface area contributed by atoms with Gasteiger partial charge in [0, 0.05) is 24.5 Å². The summed E-state index contributed by atoms with van der Waals surface area (Å²) in [6.45, 7) is 3.65. The van der Waals surface area contributed by atoms with Crippen molar-refractivity contribution in [1.82, 2.24) is 0 Å². The molecule has 8 heteroatoms. The molecule has 0 radical (unpaired) electrons. The van der Waals surface area contributed by atoms with Gasteiger partial charge in [-0.3, -0.25) is 9.10 Å². The lowest BCUT2D eigenvalue weighted by Crippen LogP contribution is -2.49. The van der Waals surface area contributed by atoms with Crippen molar-refractivity contribution in [2.45, 2.75) is 25.9 Å². The maximum Gasteiger partial charge on any atom is 0.267 e. The molecule has 0 aromatic heterocycles. The number of rotatable bonds is 5. The number of carbonyl (C=O) groups excluding carboxylic acids is 1. The van der Waals surface area contributed by atoms with E-state index in [1.165, 1.54) is 17.1 Å². The molecule has 1 saturated heterocycles. The van der Waals surface area contributed by atoms with Crippen molar-refractivity contribution >= 4 is 33.0 Å². The van der Waals surface area contributed by atoms with Crippen molar-refractivity contribution in [3.8, 4) is 5.75 Å². The highest BCUT2D eigenvalue weighted by Gasteiger charge is 2.35. The molecule has 29 heavy (non-hydrogen) atoms. The van der Waals surface area contributed by atoms with E-state index in [1.54, 1.807) is 31.2 Å². The van der Waals surface area contributed by atoms with E-state index in [4.69, 9.17) is 4.74 Å². The van der Waals surface area contributed by atoms with Crippen LogP contribution in [0.3, 0.4) is 0 Å². The Hall–Kier alpha value is -2.74. The monoisotopic (exact) mass is 415 g/mol. The molecular formula is C21H25N3O4S. The van der Waals surface area contributed by atoms with E-state index >= 15 is 0 Å². The van der Waals surface area contributed by atoms with Crippen molar-refractivity contribution in [3.63, 3.8) is 0 Å². The average Bonchev–Trinajstić information content (AvgIpc) is 3.28. The van der Waals surface area contributed by atoms with Gasteiger partial charge in [0.05, 0.1) is 18.0 Å². The SMILES string of the molecule is CCS(=O)(=O)N1CC(C(=O)Nc2ccc(N3CCCC3)cc2)Oc2ccccc21. The Labute approximate surface area is 171 Å². The number of hydrogen-bond donors (Lipinski definition) is 1. The summed E-state index contributed by atoms with van der Waals surface area (Å²) in [5.74, 6) is -0.0294. The van der Waals surface area contributed by atoms with Gasteiger partial charge in [0.15, 0.2) is 6.10 Å². The van der Waals surface area contributed by atoms with Crippen LogP contribution in [0.2, 0.25) is 0 Å². The maximum absolute atomic E-state index is 12.8. The van der Waals surface area contributed by atoms with Crippen LogP contribution in [0.4, 0.5) is 17.1 Å². The van der Waals surface area contributed by atoms with Crippen LogP contribution in [0.15, 0.2) is 48.5 Å². The number of nitrogens with one attached hydrogen (secondary N) is 1. The van der Waals surface area contributed by atoms with Crippen LogP contribution in [0.25, 0.3) is 0 Å². The number of ether oxygens (including phenoxy) is 1. The Kier molecular flexibility index (Phi) is 5.36. The Morgan fingerprint density at radius 2 is 1.79 bits per heavy atom. The lowest BCUT2D eigenvalue weighted by molar-refractivity contribution is -0.122. The van der Waals surface area contributed by atoms with Gasteiger partial charge in [0.25, 0.3) is 5.91 Å². The molecule has 1 atom stereocenters. The fourth-order valence-electron chi connectivity index (χ4n) is 3.71. The number of amides is 1. The molecule has 1 fully saturated rings. The molecule has 4 rings (SSSR count). The zero-order valence-electron chi connectivity index (χ0n) is 16.4. The molecule has 2 heterocycles. The van der Waals surface area contributed by atoms with Gasteiger partial charge in [0.2, 0.25) is 10.0 Å². The minimum Gasteiger partial charge on any atom is -0.476 e. The molecule has 1 unspecified atom stereocenters. The molecule has 7 nitrogen and oxygen atoms in total. The van der Waals surface area contributed by atoms with Gasteiger partial charge in [-0.1, -0.05) is 12.1 Å². The molecule has 2 aliphatic rings. The number of nitrogens with zero attached hydrogens (tertiary/aromatic N) is 2. The highest BCUT2D eigenvalue weighted by molar-refractivity contribution is 7.92. The number of para-hydroxylation sites is 2. The number of sulfonamides is 1. The van der Waals surface area contributed by atoms with Crippen LogP contribution >= 0.6 is 0 Å². The summed E-state index contributed by atoms with van der Waals surface area (Å²) in [7, 11) is -3.52. The first-order valence-electron chi connectivity index (χ1n) is 9.90. The molecule has 2 aromatic carbocycles. The minimum atomic E-state index is -3.52. The van der Waals surface area contributed by atoms with Gasteiger partial charge in [0.1, 0.15) is 5.75 Å². The van der Waals surface area contributed by atoms with Crippen LogP contribution in [-0.2, 0) is 14.8 Å². The second-order valence-corrected chi connectivity index (χ2v) is 9.42. The largest absolute Gasteiger partial charge is 0.476 e. The van der Waals surface area contributed by atoms with Crippen molar-refractivity contribution in [2.75, 3.05) is 39.9 Å². The number of hydrogen-bond acceptors (Lipinski definition) is 5. The van der Waals surface area contributed by atoms with Crippen LogP contribution in [0.1, 0.15) is 19.8 Å². The van der Waals surface area contributed by atoms with Crippen LogP contribution in [0.5, 0.6) is 5.75 Å². The zero-order chi connectivity index (χ0) is 20.4. The molecule has 154 valence electrons. The summed E-state index contributed by atoms with van der Waals surface area (Å²) in [4.78, 5) is 15.1. The summed E-state index contributed by atoms with van der Waals surface area (Å²) >= 11 is 0. The standard InChI is InChI=1S/C21H25N3O4S/c1-2-29(26,27)24-15-20(28-19-8-4-3-7-18(19)24)21(25)22-16-9-11-17(12-10-16)23-13-5-6-14-23/h3-4,7-12,20H,2,5-6,13-15H2,1H3,(H,22,25). The summed E-state index contributed by atoms with van der Waals surface area (Å²) < 4.78 is 32.2. The first kappa shape index (κ1) is 19.6. The van der Waals surface area contributed by atoms with Crippen molar-refractivity contribution in [1.29, 1.82) is 0 Å². The molecule has 1 N–H and O–H groups in total. The van der Waals surface area contributed by atoms with Crippen molar-refractivity contribution in [3.05, 3.63) is 48.5 Å².